The van der Waals surface area contributed by atoms with E-state index in [0.29, 0.717) is 40.3 Å². The van der Waals surface area contributed by atoms with Crippen LogP contribution in [0.3, 0.4) is 0 Å². The van der Waals surface area contributed by atoms with Crippen LogP contribution in [-0.4, -0.2) is 35.3 Å². The molecule has 0 fully saturated rings. The first-order valence-electron chi connectivity index (χ1n) is 10.1. The lowest BCUT2D eigenvalue weighted by Gasteiger charge is -2.14. The summed E-state index contributed by atoms with van der Waals surface area (Å²) in [4.78, 5) is 8.84. The Hall–Kier alpha value is -3.92. The number of methoxy groups -OCH3 is 1. The first kappa shape index (κ1) is 22.3. The molecule has 170 valence electrons. The third kappa shape index (κ3) is 4.96. The molecule has 0 saturated heterocycles. The van der Waals surface area contributed by atoms with E-state index in [1.807, 2.05) is 0 Å². The highest BCUT2D eigenvalue weighted by molar-refractivity contribution is 7.92. The summed E-state index contributed by atoms with van der Waals surface area (Å²) in [5.41, 5.74) is 1.74. The van der Waals surface area contributed by atoms with Crippen molar-refractivity contribution in [1.82, 2.24) is 19.7 Å². The third-order valence-electron chi connectivity index (χ3n) is 4.85. The van der Waals surface area contributed by atoms with Gasteiger partial charge in [0.1, 0.15) is 17.3 Å². The molecule has 4 rings (SSSR count). The summed E-state index contributed by atoms with van der Waals surface area (Å²) in [6, 6.07) is 13.4. The molecule has 33 heavy (non-hydrogen) atoms. The van der Waals surface area contributed by atoms with Gasteiger partial charge in [-0.1, -0.05) is 0 Å². The van der Waals surface area contributed by atoms with Crippen LogP contribution in [0.25, 0.3) is 5.82 Å². The van der Waals surface area contributed by atoms with Crippen molar-refractivity contribution in [2.45, 2.75) is 25.7 Å². The molecule has 0 saturated carbocycles. The van der Waals surface area contributed by atoms with Crippen molar-refractivity contribution in [3.63, 3.8) is 0 Å². The Morgan fingerprint density at radius 1 is 0.970 bits per heavy atom. The smallest absolute Gasteiger partial charge is 0.262 e. The first-order valence-corrected chi connectivity index (χ1v) is 11.5. The largest absolute Gasteiger partial charge is 0.496 e. The summed E-state index contributed by atoms with van der Waals surface area (Å²) >= 11 is 0. The molecular formula is C23H23N5O4S. The summed E-state index contributed by atoms with van der Waals surface area (Å²) in [5.74, 6) is 2.61. The van der Waals surface area contributed by atoms with Gasteiger partial charge in [-0.25, -0.2) is 18.1 Å². The molecule has 0 bridgehead atoms. The van der Waals surface area contributed by atoms with Gasteiger partial charge >= 0.3 is 0 Å². The van der Waals surface area contributed by atoms with Crippen molar-refractivity contribution >= 4 is 15.7 Å². The van der Waals surface area contributed by atoms with Gasteiger partial charge in [-0.2, -0.15) is 10.1 Å². The molecule has 4 aromatic rings. The zero-order chi connectivity index (χ0) is 23.6. The Bertz CT molecular complexity index is 1390. The zero-order valence-corrected chi connectivity index (χ0v) is 19.4. The maximum absolute atomic E-state index is 12.9. The molecule has 0 unspecified atom stereocenters. The van der Waals surface area contributed by atoms with E-state index in [-0.39, 0.29) is 4.90 Å². The molecular weight excluding hydrogens is 442 g/mol. The third-order valence-corrected chi connectivity index (χ3v) is 6.37. The Morgan fingerprint density at radius 2 is 1.73 bits per heavy atom. The molecule has 2 heterocycles. The van der Waals surface area contributed by atoms with Crippen molar-refractivity contribution in [3.05, 3.63) is 77.9 Å². The van der Waals surface area contributed by atoms with Crippen molar-refractivity contribution in [1.29, 1.82) is 0 Å². The van der Waals surface area contributed by atoms with Crippen LogP contribution >= 0.6 is 0 Å². The fourth-order valence-electron chi connectivity index (χ4n) is 3.29. The van der Waals surface area contributed by atoms with Gasteiger partial charge in [0, 0.05) is 24.1 Å². The normalized spacial score (nSPS) is 11.3. The van der Waals surface area contributed by atoms with Crippen LogP contribution in [0.5, 0.6) is 17.4 Å². The van der Waals surface area contributed by atoms with Gasteiger partial charge in [0.25, 0.3) is 10.0 Å². The molecule has 2 aromatic heterocycles. The van der Waals surface area contributed by atoms with E-state index in [9.17, 15) is 8.42 Å². The van der Waals surface area contributed by atoms with E-state index < -0.39 is 10.0 Å². The zero-order valence-electron chi connectivity index (χ0n) is 18.6. The molecule has 0 atom stereocenters. The minimum Gasteiger partial charge on any atom is -0.496 e. The lowest BCUT2D eigenvalue weighted by Crippen LogP contribution is -2.14. The Labute approximate surface area is 192 Å². The number of rotatable bonds is 7. The van der Waals surface area contributed by atoms with Gasteiger partial charge < -0.3 is 9.47 Å². The van der Waals surface area contributed by atoms with Crippen LogP contribution in [0.4, 0.5) is 5.69 Å². The monoisotopic (exact) mass is 465 g/mol. The van der Waals surface area contributed by atoms with Crippen LogP contribution in [0.2, 0.25) is 0 Å². The van der Waals surface area contributed by atoms with E-state index in [1.54, 1.807) is 93.5 Å². The highest BCUT2D eigenvalue weighted by Crippen LogP contribution is 2.28. The summed E-state index contributed by atoms with van der Waals surface area (Å²) in [5, 5.41) is 4.17. The fourth-order valence-corrected chi connectivity index (χ4v) is 4.66. The molecule has 9 nitrogen and oxygen atoms in total. The Kier molecular flexibility index (Phi) is 6.01. The second-order valence-electron chi connectivity index (χ2n) is 7.38. The predicted octanol–water partition coefficient (Wildman–Crippen LogP) is 4.19. The molecule has 0 aliphatic carbocycles. The minimum atomic E-state index is -3.78. The van der Waals surface area contributed by atoms with E-state index in [2.05, 4.69) is 19.8 Å². The minimum absolute atomic E-state index is 0.198. The van der Waals surface area contributed by atoms with Crippen LogP contribution in [0, 0.1) is 20.8 Å². The highest BCUT2D eigenvalue weighted by Gasteiger charge is 2.19. The average Bonchev–Trinajstić information content (AvgIpc) is 3.31. The summed E-state index contributed by atoms with van der Waals surface area (Å²) < 4.78 is 41.2. The maximum Gasteiger partial charge on any atom is 0.262 e. The van der Waals surface area contributed by atoms with Gasteiger partial charge in [-0.05, 0) is 74.4 Å². The molecule has 0 aliphatic heterocycles. The number of anilines is 1. The predicted molar refractivity (Wildman–Crippen MR) is 124 cm³/mol. The van der Waals surface area contributed by atoms with Crippen LogP contribution in [0.15, 0.2) is 65.8 Å². The van der Waals surface area contributed by atoms with E-state index in [0.717, 1.165) is 5.56 Å². The number of ether oxygens (including phenoxy) is 2. The molecule has 0 radical (unpaired) electrons. The van der Waals surface area contributed by atoms with Gasteiger partial charge in [0.2, 0.25) is 5.88 Å². The van der Waals surface area contributed by atoms with Gasteiger partial charge in [-0.15, -0.1) is 0 Å². The SMILES string of the molecule is COc1cc(C)c(S(=O)(=O)Nc2ccc(Oc3cc(-n4cccn4)nc(C)n3)cc2)cc1C. The number of hydrogen-bond acceptors (Lipinski definition) is 7. The number of nitrogens with zero attached hydrogens (tertiary/aromatic N) is 4. The number of hydrogen-bond donors (Lipinski definition) is 1. The number of aromatic nitrogens is 4. The van der Waals surface area contributed by atoms with Crippen LogP contribution in [-0.2, 0) is 10.0 Å². The topological polar surface area (TPSA) is 108 Å². The number of nitrogens with one attached hydrogen (secondary N) is 1. The van der Waals surface area contributed by atoms with E-state index in [4.69, 9.17) is 9.47 Å². The van der Waals surface area contributed by atoms with E-state index >= 15 is 0 Å². The Morgan fingerprint density at radius 3 is 2.39 bits per heavy atom. The molecule has 1 N–H and O–H groups in total. The van der Waals surface area contributed by atoms with Crippen LogP contribution < -0.4 is 14.2 Å². The number of sulfonamides is 1. The fraction of sp³-hybridized carbons (Fsp3) is 0.174. The quantitative estimate of drug-likeness (QED) is 0.436. The molecule has 0 spiro atoms. The lowest BCUT2D eigenvalue weighted by atomic mass is 10.1. The maximum atomic E-state index is 12.9. The molecule has 10 heteroatoms. The van der Waals surface area contributed by atoms with Crippen molar-refractivity contribution < 1.29 is 17.9 Å². The Balaban J connectivity index is 1.52. The number of benzene rings is 2. The molecule has 0 amide bonds. The summed E-state index contributed by atoms with van der Waals surface area (Å²) in [6.45, 7) is 5.30. The van der Waals surface area contributed by atoms with Gasteiger partial charge in [0.05, 0.1) is 12.0 Å². The molecule has 2 aromatic carbocycles. The average molecular weight is 466 g/mol. The van der Waals surface area contributed by atoms with E-state index in [1.165, 1.54) is 0 Å². The van der Waals surface area contributed by atoms with Crippen molar-refractivity contribution in [2.24, 2.45) is 0 Å². The molecule has 0 aliphatic rings. The van der Waals surface area contributed by atoms with Crippen molar-refractivity contribution in [3.8, 4) is 23.2 Å². The number of aryl methyl sites for hydroxylation is 3. The van der Waals surface area contributed by atoms with Crippen molar-refractivity contribution in [2.75, 3.05) is 11.8 Å². The first-order chi connectivity index (χ1) is 15.7. The second kappa shape index (κ2) is 8.91. The standard InChI is InChI=1S/C23H23N5O4S/c1-15-13-21(16(2)12-20(15)31-4)33(29,30)27-18-6-8-19(9-7-18)32-23-14-22(25-17(3)26-23)28-11-5-10-24-28/h5-14,27H,1-4H3. The van der Waals surface area contributed by atoms with Gasteiger partial charge in [0.15, 0.2) is 5.82 Å². The lowest BCUT2D eigenvalue weighted by molar-refractivity contribution is 0.411. The van der Waals surface area contributed by atoms with Crippen LogP contribution in [0.1, 0.15) is 17.0 Å². The second-order valence-corrected chi connectivity index (χ2v) is 9.03. The summed E-state index contributed by atoms with van der Waals surface area (Å²) in [7, 11) is -2.22. The van der Waals surface area contributed by atoms with Gasteiger partial charge in [-0.3, -0.25) is 4.72 Å². The highest BCUT2D eigenvalue weighted by atomic mass is 32.2. The summed E-state index contributed by atoms with van der Waals surface area (Å²) in [6.07, 6.45) is 3.44.